The Hall–Kier alpha value is -1.98. The van der Waals surface area contributed by atoms with Crippen LogP contribution in [0.2, 0.25) is 0 Å². The number of rotatable bonds is 4. The fourth-order valence-electron chi connectivity index (χ4n) is 3.51. The predicted molar refractivity (Wildman–Crippen MR) is 109 cm³/mol. The first-order valence-electron chi connectivity index (χ1n) is 8.93. The summed E-state index contributed by atoms with van der Waals surface area (Å²) in [5.41, 5.74) is 4.89. The maximum atomic E-state index is 8.29. The molecule has 5 heteroatoms. The Morgan fingerprint density at radius 1 is 1.44 bits per heavy atom. The first-order chi connectivity index (χ1) is 12.2. The largest absolute Gasteiger partial charge is 0.361 e. The average Bonchev–Trinajstić information content (AvgIpc) is 3.31. The first-order valence-corrected chi connectivity index (χ1v) is 9.87. The molecule has 4 nitrogen and oxygen atoms in total. The summed E-state index contributed by atoms with van der Waals surface area (Å²) >= 11 is 1.72. The average molecular weight is 353 g/mol. The minimum absolute atomic E-state index is 0.225. The van der Waals surface area contributed by atoms with E-state index in [1.165, 1.54) is 16.5 Å². The van der Waals surface area contributed by atoms with Gasteiger partial charge < -0.3 is 10.3 Å². The number of hydrogen-bond donors (Lipinski definition) is 3. The highest BCUT2D eigenvalue weighted by molar-refractivity contribution is 8.03. The summed E-state index contributed by atoms with van der Waals surface area (Å²) in [5.74, 6) is 0.585. The molecule has 2 aliphatic rings. The number of benzene rings is 1. The molecule has 0 fully saturated rings. The van der Waals surface area contributed by atoms with Gasteiger partial charge in [-0.2, -0.15) is 0 Å². The zero-order valence-electron chi connectivity index (χ0n) is 14.5. The van der Waals surface area contributed by atoms with Crippen molar-refractivity contribution in [1.82, 2.24) is 9.88 Å². The van der Waals surface area contributed by atoms with Crippen molar-refractivity contribution in [3.8, 4) is 0 Å². The van der Waals surface area contributed by atoms with E-state index in [4.69, 9.17) is 5.41 Å². The number of aromatic nitrogens is 1. The summed E-state index contributed by atoms with van der Waals surface area (Å²) in [6.07, 6.45) is 8.66. The van der Waals surface area contributed by atoms with Gasteiger partial charge in [0.15, 0.2) is 0 Å². The smallest absolute Gasteiger partial charge is 0.112 e. The molecule has 0 radical (unpaired) electrons. The molecule has 0 aliphatic carbocycles. The van der Waals surface area contributed by atoms with Gasteiger partial charge in [-0.3, -0.25) is 10.3 Å². The number of H-pyrrole nitrogens is 1. The van der Waals surface area contributed by atoms with E-state index in [0.717, 1.165) is 43.7 Å². The van der Waals surface area contributed by atoms with Crippen LogP contribution in [0.15, 0.2) is 42.0 Å². The van der Waals surface area contributed by atoms with Gasteiger partial charge in [-0.05, 0) is 48.6 Å². The molecular weight excluding hydrogens is 328 g/mol. The highest BCUT2D eigenvalue weighted by Crippen LogP contribution is 2.31. The number of anilines is 1. The van der Waals surface area contributed by atoms with Crippen molar-refractivity contribution in [2.45, 2.75) is 25.0 Å². The molecule has 1 aromatic heterocycles. The molecule has 0 saturated heterocycles. The third-order valence-corrected chi connectivity index (χ3v) is 6.16. The van der Waals surface area contributed by atoms with E-state index in [-0.39, 0.29) is 5.25 Å². The molecular formula is C20H24N4S. The van der Waals surface area contributed by atoms with Crippen LogP contribution in [0.25, 0.3) is 16.5 Å². The summed E-state index contributed by atoms with van der Waals surface area (Å²) in [5, 5.41) is 15.1. The van der Waals surface area contributed by atoms with Crippen molar-refractivity contribution in [2.24, 2.45) is 0 Å². The lowest BCUT2D eigenvalue weighted by molar-refractivity contribution is 0.319. The Bertz CT molecular complexity index is 840. The summed E-state index contributed by atoms with van der Waals surface area (Å²) in [7, 11) is 0. The molecule has 1 unspecified atom stereocenters. The lowest BCUT2D eigenvalue weighted by Crippen LogP contribution is -2.27. The number of hydrogen-bond acceptors (Lipinski definition) is 3. The molecule has 25 heavy (non-hydrogen) atoms. The topological polar surface area (TPSA) is 54.9 Å². The molecule has 3 heterocycles. The second-order valence-electron chi connectivity index (χ2n) is 6.61. The molecule has 1 aromatic carbocycles. The Morgan fingerprint density at radius 3 is 3.08 bits per heavy atom. The van der Waals surface area contributed by atoms with E-state index in [0.29, 0.717) is 5.84 Å². The van der Waals surface area contributed by atoms with Gasteiger partial charge in [-0.1, -0.05) is 19.1 Å². The van der Waals surface area contributed by atoms with E-state index >= 15 is 0 Å². The Kier molecular flexibility index (Phi) is 4.68. The highest BCUT2D eigenvalue weighted by atomic mass is 32.2. The third kappa shape index (κ3) is 3.39. The lowest BCUT2D eigenvalue weighted by Gasteiger charge is -2.24. The summed E-state index contributed by atoms with van der Waals surface area (Å²) in [6.45, 7) is 5.49. The van der Waals surface area contributed by atoms with Crippen molar-refractivity contribution < 1.29 is 0 Å². The van der Waals surface area contributed by atoms with Crippen molar-refractivity contribution >= 4 is 39.8 Å². The molecule has 2 aliphatic heterocycles. The van der Waals surface area contributed by atoms with Crippen LogP contribution in [0.5, 0.6) is 0 Å². The predicted octanol–water partition coefficient (Wildman–Crippen LogP) is 4.69. The van der Waals surface area contributed by atoms with E-state index in [1.807, 2.05) is 0 Å². The minimum atomic E-state index is 0.225. The van der Waals surface area contributed by atoms with Gasteiger partial charge in [0.05, 0.1) is 5.25 Å². The van der Waals surface area contributed by atoms with Crippen molar-refractivity contribution in [3.05, 3.63) is 47.5 Å². The number of likely N-dealkylation sites (N-methyl/N-ethyl adjacent to an activating group) is 1. The quantitative estimate of drug-likeness (QED) is 0.553. The standard InChI is InChI=1S/C20H24N4S/c1-2-24-9-7-14(8-10-24)17-13-22-18-6-5-15(12-16(17)18)23-20(21)19-4-3-11-25-19/h3,5-7,11-13,19,22H,2,4,8-10H2,1H3,(H2,21,23). The van der Waals surface area contributed by atoms with Crippen LogP contribution in [0.3, 0.4) is 0 Å². The number of thioether (sulfide) groups is 1. The zero-order chi connectivity index (χ0) is 17.2. The van der Waals surface area contributed by atoms with Crippen LogP contribution in [-0.4, -0.2) is 40.6 Å². The number of aromatic amines is 1. The van der Waals surface area contributed by atoms with Crippen LogP contribution >= 0.6 is 11.8 Å². The molecule has 4 rings (SSSR count). The molecule has 130 valence electrons. The summed E-state index contributed by atoms with van der Waals surface area (Å²) in [6, 6.07) is 6.34. The normalized spacial score (nSPS) is 20.8. The SMILES string of the molecule is CCN1CC=C(c2c[nH]c3ccc(NC(=N)C4CC=CS4)cc23)CC1. The minimum Gasteiger partial charge on any atom is -0.361 e. The Labute approximate surface area is 152 Å². The van der Waals surface area contributed by atoms with Gasteiger partial charge >= 0.3 is 0 Å². The number of amidine groups is 1. The van der Waals surface area contributed by atoms with Crippen LogP contribution in [0.1, 0.15) is 25.3 Å². The molecule has 0 amide bonds. The van der Waals surface area contributed by atoms with Gasteiger partial charge in [-0.25, -0.2) is 0 Å². The van der Waals surface area contributed by atoms with Gasteiger partial charge in [0.1, 0.15) is 5.84 Å². The van der Waals surface area contributed by atoms with Crippen LogP contribution < -0.4 is 5.32 Å². The van der Waals surface area contributed by atoms with Gasteiger partial charge in [0.25, 0.3) is 0 Å². The first kappa shape index (κ1) is 16.5. The summed E-state index contributed by atoms with van der Waals surface area (Å²) in [4.78, 5) is 5.85. The molecule has 0 spiro atoms. The van der Waals surface area contributed by atoms with Crippen LogP contribution in [0.4, 0.5) is 5.69 Å². The summed E-state index contributed by atoms with van der Waals surface area (Å²) < 4.78 is 0. The van der Waals surface area contributed by atoms with Crippen LogP contribution in [0, 0.1) is 5.41 Å². The van der Waals surface area contributed by atoms with E-state index in [1.54, 1.807) is 11.8 Å². The molecule has 3 N–H and O–H groups in total. The second kappa shape index (κ2) is 7.10. The van der Waals surface area contributed by atoms with Gasteiger partial charge in [-0.15, -0.1) is 11.8 Å². The van der Waals surface area contributed by atoms with Crippen molar-refractivity contribution in [2.75, 3.05) is 25.0 Å². The van der Waals surface area contributed by atoms with Crippen molar-refractivity contribution in [1.29, 1.82) is 5.41 Å². The maximum Gasteiger partial charge on any atom is 0.112 e. The Morgan fingerprint density at radius 2 is 2.36 bits per heavy atom. The van der Waals surface area contributed by atoms with E-state index < -0.39 is 0 Å². The third-order valence-electron chi connectivity index (χ3n) is 5.06. The Balaban J connectivity index is 1.57. The van der Waals surface area contributed by atoms with Crippen molar-refractivity contribution in [3.63, 3.8) is 0 Å². The van der Waals surface area contributed by atoms with E-state index in [9.17, 15) is 0 Å². The van der Waals surface area contributed by atoms with Crippen LogP contribution in [-0.2, 0) is 0 Å². The number of allylic oxidation sites excluding steroid dienone is 1. The molecule has 1 atom stereocenters. The maximum absolute atomic E-state index is 8.29. The second-order valence-corrected chi connectivity index (χ2v) is 7.72. The fourth-order valence-corrected chi connectivity index (χ4v) is 4.34. The van der Waals surface area contributed by atoms with Gasteiger partial charge in [0, 0.05) is 41.4 Å². The number of nitrogens with one attached hydrogen (secondary N) is 3. The molecule has 0 saturated carbocycles. The monoisotopic (exact) mass is 352 g/mol. The highest BCUT2D eigenvalue weighted by Gasteiger charge is 2.18. The van der Waals surface area contributed by atoms with E-state index in [2.05, 4.69) is 64.1 Å². The fraction of sp³-hybridized carbons (Fsp3) is 0.350. The molecule has 2 aromatic rings. The number of fused-ring (bicyclic) bond motifs is 1. The number of nitrogens with zero attached hydrogens (tertiary/aromatic N) is 1. The zero-order valence-corrected chi connectivity index (χ0v) is 15.3. The lowest BCUT2D eigenvalue weighted by atomic mass is 9.98. The van der Waals surface area contributed by atoms with Gasteiger partial charge in [0.2, 0.25) is 0 Å². The molecule has 0 bridgehead atoms.